The summed E-state index contributed by atoms with van der Waals surface area (Å²) in [5, 5.41) is 0.0752. The van der Waals surface area contributed by atoms with Crippen LogP contribution in [0.1, 0.15) is 0 Å². The van der Waals surface area contributed by atoms with E-state index in [9.17, 15) is 12.8 Å². The highest BCUT2D eigenvalue weighted by Crippen LogP contribution is 2.21. The average Bonchev–Trinajstić information content (AvgIpc) is 2.27. The van der Waals surface area contributed by atoms with Crippen LogP contribution in [0.3, 0.4) is 0 Å². The Morgan fingerprint density at radius 3 is 2.42 bits per heavy atom. The molecule has 0 radical (unpaired) electrons. The van der Waals surface area contributed by atoms with E-state index in [-0.39, 0.29) is 21.6 Å². The van der Waals surface area contributed by atoms with E-state index in [4.69, 9.17) is 17.3 Å². The van der Waals surface area contributed by atoms with Crippen molar-refractivity contribution in [2.45, 2.75) is 4.90 Å². The second kappa shape index (κ2) is 4.98. The number of aromatic nitrogens is 2. The predicted molar refractivity (Wildman–Crippen MR) is 68.7 cm³/mol. The lowest BCUT2D eigenvalue weighted by molar-refractivity contribution is 0.600. The molecule has 2 rings (SSSR count). The Labute approximate surface area is 113 Å². The summed E-state index contributed by atoms with van der Waals surface area (Å²) in [6, 6.07) is 3.34. The van der Waals surface area contributed by atoms with E-state index in [2.05, 4.69) is 14.7 Å². The second-order valence-electron chi connectivity index (χ2n) is 3.54. The van der Waals surface area contributed by atoms with E-state index in [1.165, 1.54) is 6.07 Å². The Kier molecular flexibility index (Phi) is 3.54. The molecule has 6 nitrogen and oxygen atoms in total. The Morgan fingerprint density at radius 1 is 1.21 bits per heavy atom. The Bertz CT molecular complexity index is 686. The van der Waals surface area contributed by atoms with Crippen molar-refractivity contribution in [1.29, 1.82) is 0 Å². The molecule has 2 aromatic rings. The number of hydrogen-bond donors (Lipinski definition) is 2. The van der Waals surface area contributed by atoms with Gasteiger partial charge in [0, 0.05) is 5.02 Å². The van der Waals surface area contributed by atoms with Gasteiger partial charge < -0.3 is 5.73 Å². The zero-order valence-corrected chi connectivity index (χ0v) is 10.9. The summed E-state index contributed by atoms with van der Waals surface area (Å²) >= 11 is 5.63. The highest BCUT2D eigenvalue weighted by molar-refractivity contribution is 7.92. The lowest BCUT2D eigenvalue weighted by atomic mass is 10.3. The Balaban J connectivity index is 2.33. The number of nitrogens with two attached hydrogens (primary N) is 1. The monoisotopic (exact) mass is 302 g/mol. The molecule has 0 aliphatic carbocycles. The maximum Gasteiger partial charge on any atom is 0.264 e. The van der Waals surface area contributed by atoms with Crippen LogP contribution in [0.25, 0.3) is 0 Å². The molecule has 3 N–H and O–H groups in total. The van der Waals surface area contributed by atoms with Gasteiger partial charge in [-0.05, 0) is 18.2 Å². The number of sulfonamides is 1. The van der Waals surface area contributed by atoms with Crippen molar-refractivity contribution >= 4 is 33.3 Å². The van der Waals surface area contributed by atoms with Gasteiger partial charge in [-0.3, -0.25) is 4.72 Å². The number of hydrogen-bond acceptors (Lipinski definition) is 5. The molecular formula is C10H8ClFN4O2S. The minimum atomic E-state index is -3.92. The number of benzene rings is 1. The van der Waals surface area contributed by atoms with Crippen LogP contribution in [-0.2, 0) is 10.0 Å². The number of nitrogen functional groups attached to an aromatic ring is 1. The summed E-state index contributed by atoms with van der Waals surface area (Å²) in [5.74, 6) is -0.702. The molecule has 0 bridgehead atoms. The van der Waals surface area contributed by atoms with Gasteiger partial charge in [-0.15, -0.1) is 0 Å². The predicted octanol–water partition coefficient (Wildman–Crippen LogP) is 1.65. The smallest absolute Gasteiger partial charge is 0.264 e. The van der Waals surface area contributed by atoms with Crippen molar-refractivity contribution in [3.05, 3.63) is 41.4 Å². The fourth-order valence-electron chi connectivity index (χ4n) is 1.29. The van der Waals surface area contributed by atoms with E-state index in [0.717, 1.165) is 24.5 Å². The highest BCUT2D eigenvalue weighted by atomic mass is 35.5. The van der Waals surface area contributed by atoms with Crippen molar-refractivity contribution in [1.82, 2.24) is 9.97 Å². The van der Waals surface area contributed by atoms with E-state index < -0.39 is 15.8 Å². The molecule has 0 fully saturated rings. The zero-order valence-electron chi connectivity index (χ0n) is 9.34. The first-order chi connectivity index (χ1) is 8.87. The number of anilines is 2. The summed E-state index contributed by atoms with van der Waals surface area (Å²) < 4.78 is 39.1. The summed E-state index contributed by atoms with van der Waals surface area (Å²) in [4.78, 5) is 6.95. The number of nitrogens with zero attached hydrogens (tertiary/aromatic N) is 2. The number of rotatable bonds is 3. The molecule has 0 aliphatic rings. The van der Waals surface area contributed by atoms with E-state index >= 15 is 0 Å². The SMILES string of the molecule is Nc1ncc(S(=O)(=O)Nc2cc(F)cc(Cl)c2)cn1. The quantitative estimate of drug-likeness (QED) is 0.898. The molecule has 1 aromatic heterocycles. The lowest BCUT2D eigenvalue weighted by Crippen LogP contribution is -2.14. The van der Waals surface area contributed by atoms with Gasteiger partial charge in [-0.2, -0.15) is 0 Å². The molecule has 0 spiro atoms. The van der Waals surface area contributed by atoms with Crippen molar-refractivity contribution in [3.8, 4) is 0 Å². The lowest BCUT2D eigenvalue weighted by Gasteiger charge is -2.08. The molecule has 100 valence electrons. The van der Waals surface area contributed by atoms with Crippen LogP contribution in [-0.4, -0.2) is 18.4 Å². The van der Waals surface area contributed by atoms with Crippen LogP contribution in [0, 0.1) is 5.82 Å². The molecule has 9 heteroatoms. The zero-order chi connectivity index (χ0) is 14.0. The molecule has 19 heavy (non-hydrogen) atoms. The third-order valence-electron chi connectivity index (χ3n) is 2.07. The molecule has 0 aliphatic heterocycles. The minimum absolute atomic E-state index is 0.00169. The van der Waals surface area contributed by atoms with Gasteiger partial charge >= 0.3 is 0 Å². The van der Waals surface area contributed by atoms with Gasteiger partial charge in [0.15, 0.2) is 0 Å². The first-order valence-corrected chi connectivity index (χ1v) is 6.79. The third-order valence-corrected chi connectivity index (χ3v) is 3.63. The van der Waals surface area contributed by atoms with Crippen LogP contribution < -0.4 is 10.5 Å². The van der Waals surface area contributed by atoms with E-state index in [0.29, 0.717) is 0 Å². The number of halogens is 2. The molecule has 0 amide bonds. The van der Waals surface area contributed by atoms with Crippen molar-refractivity contribution in [2.24, 2.45) is 0 Å². The standard InChI is InChI=1S/C10H8ClFN4O2S/c11-6-1-7(12)3-8(2-6)16-19(17,18)9-4-14-10(13)15-5-9/h1-5,16H,(H2,13,14,15). The van der Waals surface area contributed by atoms with Gasteiger partial charge in [0.05, 0.1) is 18.1 Å². The van der Waals surface area contributed by atoms with Crippen molar-refractivity contribution in [2.75, 3.05) is 10.5 Å². The summed E-state index contributed by atoms with van der Waals surface area (Å²) in [5.41, 5.74) is 5.26. The highest BCUT2D eigenvalue weighted by Gasteiger charge is 2.16. The van der Waals surface area contributed by atoms with E-state index in [1.807, 2.05) is 0 Å². The molecular weight excluding hydrogens is 295 g/mol. The van der Waals surface area contributed by atoms with Gasteiger partial charge in [0.1, 0.15) is 10.7 Å². The Morgan fingerprint density at radius 2 is 1.84 bits per heavy atom. The largest absolute Gasteiger partial charge is 0.368 e. The average molecular weight is 303 g/mol. The van der Waals surface area contributed by atoms with Crippen LogP contribution in [0.4, 0.5) is 16.0 Å². The molecule has 0 atom stereocenters. The van der Waals surface area contributed by atoms with Crippen molar-refractivity contribution < 1.29 is 12.8 Å². The van der Waals surface area contributed by atoms with Crippen LogP contribution in [0.15, 0.2) is 35.5 Å². The van der Waals surface area contributed by atoms with Gasteiger partial charge in [-0.25, -0.2) is 22.8 Å². The van der Waals surface area contributed by atoms with Crippen LogP contribution in [0.5, 0.6) is 0 Å². The maximum atomic E-state index is 13.1. The first-order valence-electron chi connectivity index (χ1n) is 4.93. The molecule has 0 saturated heterocycles. The van der Waals surface area contributed by atoms with Gasteiger partial charge in [0.25, 0.3) is 10.0 Å². The normalized spacial score (nSPS) is 11.3. The summed E-state index contributed by atoms with van der Waals surface area (Å²) in [6.07, 6.45) is 2.09. The molecule has 0 saturated carbocycles. The van der Waals surface area contributed by atoms with Gasteiger partial charge in [-0.1, -0.05) is 11.6 Å². The maximum absolute atomic E-state index is 13.1. The minimum Gasteiger partial charge on any atom is -0.368 e. The first kappa shape index (κ1) is 13.5. The van der Waals surface area contributed by atoms with Crippen LogP contribution >= 0.6 is 11.6 Å². The van der Waals surface area contributed by atoms with E-state index in [1.54, 1.807) is 0 Å². The van der Waals surface area contributed by atoms with Crippen LogP contribution in [0.2, 0.25) is 5.02 Å². The molecule has 0 unspecified atom stereocenters. The molecule has 1 heterocycles. The summed E-state index contributed by atoms with van der Waals surface area (Å²) in [7, 11) is -3.92. The van der Waals surface area contributed by atoms with Crippen molar-refractivity contribution in [3.63, 3.8) is 0 Å². The van der Waals surface area contributed by atoms with Gasteiger partial charge in [0.2, 0.25) is 5.95 Å². The molecule has 1 aromatic carbocycles. The fraction of sp³-hybridized carbons (Fsp3) is 0. The number of nitrogens with one attached hydrogen (secondary N) is 1. The third kappa shape index (κ3) is 3.30. The topological polar surface area (TPSA) is 98.0 Å². The summed E-state index contributed by atoms with van der Waals surface area (Å²) in [6.45, 7) is 0. The second-order valence-corrected chi connectivity index (χ2v) is 5.66. The fourth-order valence-corrected chi connectivity index (χ4v) is 2.44. The Hall–Kier alpha value is -1.93.